The third-order valence-electron chi connectivity index (χ3n) is 2.68. The van der Waals surface area contributed by atoms with Gasteiger partial charge >= 0.3 is 5.97 Å². The number of rotatable bonds is 5. The van der Waals surface area contributed by atoms with Gasteiger partial charge in [0.25, 0.3) is 5.91 Å². The lowest BCUT2D eigenvalue weighted by Gasteiger charge is -2.10. The van der Waals surface area contributed by atoms with Crippen LogP contribution in [-0.2, 0) is 0 Å². The zero-order valence-electron chi connectivity index (χ0n) is 11.4. The zero-order chi connectivity index (χ0) is 15.2. The predicted molar refractivity (Wildman–Crippen MR) is 76.8 cm³/mol. The summed E-state index contributed by atoms with van der Waals surface area (Å²) in [6.45, 7) is 2.27. The van der Waals surface area contributed by atoms with Crippen molar-refractivity contribution < 1.29 is 19.4 Å². The molecule has 0 saturated carbocycles. The first-order valence-electron chi connectivity index (χ1n) is 6.34. The predicted octanol–water partition coefficient (Wildman–Crippen LogP) is 2.43. The van der Waals surface area contributed by atoms with E-state index < -0.39 is 11.9 Å². The van der Waals surface area contributed by atoms with Gasteiger partial charge in [-0.05, 0) is 31.2 Å². The monoisotopic (exact) mass is 286 g/mol. The van der Waals surface area contributed by atoms with Crippen LogP contribution >= 0.6 is 0 Å². The first-order valence-corrected chi connectivity index (χ1v) is 6.34. The van der Waals surface area contributed by atoms with Gasteiger partial charge in [-0.3, -0.25) is 4.79 Å². The number of pyridine rings is 1. The minimum atomic E-state index is -1.08. The van der Waals surface area contributed by atoms with Gasteiger partial charge < -0.3 is 15.2 Å². The van der Waals surface area contributed by atoms with Crippen molar-refractivity contribution in [3.8, 4) is 5.75 Å². The number of anilines is 1. The molecule has 1 heterocycles. The summed E-state index contributed by atoms with van der Waals surface area (Å²) in [5, 5.41) is 11.5. The number of carboxylic acids is 1. The summed E-state index contributed by atoms with van der Waals surface area (Å²) in [6, 6.07) is 9.46. The highest BCUT2D eigenvalue weighted by Gasteiger charge is 2.13. The Balaban J connectivity index is 2.22. The lowest BCUT2D eigenvalue weighted by Crippen LogP contribution is -2.15. The molecule has 6 heteroatoms. The molecule has 0 aliphatic heterocycles. The highest BCUT2D eigenvalue weighted by Crippen LogP contribution is 2.19. The highest BCUT2D eigenvalue weighted by molar-refractivity contribution is 6.06. The molecule has 1 amide bonds. The van der Waals surface area contributed by atoms with Gasteiger partial charge in [0.2, 0.25) is 0 Å². The molecule has 1 aromatic heterocycles. The molecule has 0 bridgehead atoms. The summed E-state index contributed by atoms with van der Waals surface area (Å²) >= 11 is 0. The maximum atomic E-state index is 12.2. The molecule has 108 valence electrons. The fourth-order valence-corrected chi connectivity index (χ4v) is 1.75. The molecule has 0 atom stereocenters. The van der Waals surface area contributed by atoms with E-state index in [-0.39, 0.29) is 11.4 Å². The summed E-state index contributed by atoms with van der Waals surface area (Å²) < 4.78 is 5.38. The van der Waals surface area contributed by atoms with Gasteiger partial charge in [0.15, 0.2) is 0 Å². The number of carbonyl (C=O) groups is 2. The van der Waals surface area contributed by atoms with Crippen LogP contribution in [0.15, 0.2) is 42.6 Å². The number of nitrogens with one attached hydrogen (secondary N) is 1. The second-order valence-electron chi connectivity index (χ2n) is 4.12. The van der Waals surface area contributed by atoms with E-state index in [1.165, 1.54) is 18.3 Å². The maximum absolute atomic E-state index is 12.2. The van der Waals surface area contributed by atoms with Gasteiger partial charge in [-0.15, -0.1) is 0 Å². The topological polar surface area (TPSA) is 88.5 Å². The molecule has 2 rings (SSSR count). The number of aromatic carboxylic acids is 1. The number of carboxylic acid groups (broad SMARTS) is 1. The van der Waals surface area contributed by atoms with E-state index in [9.17, 15) is 9.59 Å². The molecule has 2 aromatic rings. The van der Waals surface area contributed by atoms with E-state index in [1.807, 2.05) is 6.92 Å². The van der Waals surface area contributed by atoms with Crippen molar-refractivity contribution in [3.05, 3.63) is 53.7 Å². The van der Waals surface area contributed by atoms with Crippen LogP contribution in [0.3, 0.4) is 0 Å². The number of para-hydroxylation sites is 1. The Morgan fingerprint density at radius 3 is 2.76 bits per heavy atom. The van der Waals surface area contributed by atoms with Crippen LogP contribution in [0.1, 0.15) is 27.6 Å². The Labute approximate surface area is 121 Å². The molecule has 21 heavy (non-hydrogen) atoms. The summed E-state index contributed by atoms with van der Waals surface area (Å²) in [4.78, 5) is 27.0. The van der Waals surface area contributed by atoms with Gasteiger partial charge in [-0.25, -0.2) is 9.78 Å². The zero-order valence-corrected chi connectivity index (χ0v) is 11.4. The second-order valence-corrected chi connectivity index (χ2v) is 4.12. The second kappa shape index (κ2) is 6.51. The first-order chi connectivity index (χ1) is 10.1. The van der Waals surface area contributed by atoms with E-state index in [4.69, 9.17) is 9.84 Å². The Bertz CT molecular complexity index is 670. The fourth-order valence-electron chi connectivity index (χ4n) is 1.75. The summed E-state index contributed by atoms with van der Waals surface area (Å²) in [7, 11) is 0. The number of nitrogens with zero attached hydrogens (tertiary/aromatic N) is 1. The lowest BCUT2D eigenvalue weighted by atomic mass is 10.2. The van der Waals surface area contributed by atoms with Crippen molar-refractivity contribution in [2.75, 3.05) is 11.9 Å². The fraction of sp³-hybridized carbons (Fsp3) is 0.133. The summed E-state index contributed by atoms with van der Waals surface area (Å²) in [6.07, 6.45) is 1.33. The molecule has 0 fully saturated rings. The Morgan fingerprint density at radius 2 is 2.05 bits per heavy atom. The van der Waals surface area contributed by atoms with Crippen molar-refractivity contribution in [2.45, 2.75) is 6.92 Å². The smallest absolute Gasteiger partial charge is 0.335 e. The number of hydrogen-bond donors (Lipinski definition) is 2. The van der Waals surface area contributed by atoms with Crippen LogP contribution in [0.5, 0.6) is 5.75 Å². The number of aromatic nitrogens is 1. The molecule has 0 aliphatic rings. The highest BCUT2D eigenvalue weighted by atomic mass is 16.5. The molecule has 0 unspecified atom stereocenters. The van der Waals surface area contributed by atoms with Gasteiger partial charge in [0.1, 0.15) is 11.6 Å². The Morgan fingerprint density at radius 1 is 1.29 bits per heavy atom. The normalized spacial score (nSPS) is 9.95. The van der Waals surface area contributed by atoms with Gasteiger partial charge in [0.05, 0.1) is 17.7 Å². The van der Waals surface area contributed by atoms with Crippen molar-refractivity contribution >= 4 is 17.7 Å². The van der Waals surface area contributed by atoms with Gasteiger partial charge in [-0.1, -0.05) is 12.1 Å². The standard InChI is InChI=1S/C15H14N2O4/c1-2-21-12-6-4-3-5-11(12)14(18)17-13-9-10(15(19)20)7-8-16-13/h3-9H,2H2,1H3,(H,19,20)(H,16,17,18). The molecule has 0 aliphatic carbocycles. The molecular formula is C15H14N2O4. The van der Waals surface area contributed by atoms with Crippen LogP contribution in [0.2, 0.25) is 0 Å². The van der Waals surface area contributed by atoms with E-state index in [2.05, 4.69) is 10.3 Å². The van der Waals surface area contributed by atoms with Crippen LogP contribution in [-0.4, -0.2) is 28.6 Å². The van der Waals surface area contributed by atoms with Crippen LogP contribution in [0, 0.1) is 0 Å². The minimum Gasteiger partial charge on any atom is -0.493 e. The van der Waals surface area contributed by atoms with Crippen LogP contribution in [0.25, 0.3) is 0 Å². The average molecular weight is 286 g/mol. The Kier molecular flexibility index (Phi) is 4.50. The lowest BCUT2D eigenvalue weighted by molar-refractivity contribution is 0.0696. The number of ether oxygens (including phenoxy) is 1. The molecule has 0 saturated heterocycles. The van der Waals surface area contributed by atoms with Crippen LogP contribution < -0.4 is 10.1 Å². The van der Waals surface area contributed by atoms with Crippen molar-refractivity contribution in [3.63, 3.8) is 0 Å². The van der Waals surface area contributed by atoms with E-state index in [1.54, 1.807) is 24.3 Å². The van der Waals surface area contributed by atoms with E-state index in [0.29, 0.717) is 17.9 Å². The molecule has 0 spiro atoms. The third kappa shape index (κ3) is 3.56. The molecular weight excluding hydrogens is 272 g/mol. The average Bonchev–Trinajstić information content (AvgIpc) is 2.48. The number of benzene rings is 1. The minimum absolute atomic E-state index is 0.0541. The van der Waals surface area contributed by atoms with Crippen molar-refractivity contribution in [1.29, 1.82) is 0 Å². The van der Waals surface area contributed by atoms with Crippen molar-refractivity contribution in [1.82, 2.24) is 4.98 Å². The maximum Gasteiger partial charge on any atom is 0.335 e. The molecule has 0 radical (unpaired) electrons. The van der Waals surface area contributed by atoms with Crippen molar-refractivity contribution in [2.24, 2.45) is 0 Å². The molecule has 6 nitrogen and oxygen atoms in total. The van der Waals surface area contributed by atoms with E-state index >= 15 is 0 Å². The number of amides is 1. The van der Waals surface area contributed by atoms with Gasteiger partial charge in [-0.2, -0.15) is 0 Å². The van der Waals surface area contributed by atoms with Crippen LogP contribution in [0.4, 0.5) is 5.82 Å². The molecule has 1 aromatic carbocycles. The third-order valence-corrected chi connectivity index (χ3v) is 2.68. The number of carbonyl (C=O) groups excluding carboxylic acids is 1. The number of hydrogen-bond acceptors (Lipinski definition) is 4. The molecule has 2 N–H and O–H groups in total. The first kappa shape index (κ1) is 14.5. The quantitative estimate of drug-likeness (QED) is 0.881. The van der Waals surface area contributed by atoms with Gasteiger partial charge in [0, 0.05) is 6.20 Å². The SMILES string of the molecule is CCOc1ccccc1C(=O)Nc1cc(C(=O)O)ccn1. The largest absolute Gasteiger partial charge is 0.493 e. The Hall–Kier alpha value is -2.89. The summed E-state index contributed by atoms with van der Waals surface area (Å²) in [5.41, 5.74) is 0.417. The van der Waals surface area contributed by atoms with E-state index in [0.717, 1.165) is 0 Å². The summed E-state index contributed by atoms with van der Waals surface area (Å²) in [5.74, 6) is -0.852.